The third kappa shape index (κ3) is 2.21. The van der Waals surface area contributed by atoms with Crippen LogP contribution in [0, 0.1) is 11.8 Å². The molecule has 0 unspecified atom stereocenters. The first-order chi connectivity index (χ1) is 9.17. The largest absolute Gasteiger partial charge is 0.492 e. The molecule has 0 spiro atoms. The summed E-state index contributed by atoms with van der Waals surface area (Å²) in [6, 6.07) is -0.300. The van der Waals surface area contributed by atoms with Crippen molar-refractivity contribution < 1.29 is 27.1 Å². The highest BCUT2D eigenvalue weighted by atomic mass is 32.1. The molecular formula is C11H11F5N2OS. The Morgan fingerprint density at radius 3 is 2.45 bits per heavy atom. The molecule has 3 atom stereocenters. The molecule has 112 valence electrons. The Morgan fingerprint density at radius 2 is 2.00 bits per heavy atom. The van der Waals surface area contributed by atoms with Crippen LogP contribution in [0.3, 0.4) is 0 Å². The summed E-state index contributed by atoms with van der Waals surface area (Å²) in [5, 5.41) is 11.9. The third-order valence-corrected chi connectivity index (χ3v) is 5.02. The lowest BCUT2D eigenvalue weighted by molar-refractivity contribution is -0.135. The summed E-state index contributed by atoms with van der Waals surface area (Å²) in [4.78, 5) is 2.24. The van der Waals surface area contributed by atoms with E-state index in [-0.39, 0.29) is 29.9 Å². The fourth-order valence-electron chi connectivity index (χ4n) is 3.11. The molecule has 3 nitrogen and oxygen atoms in total. The number of fused-ring (bicyclic) bond motifs is 2. The molecule has 2 saturated carbocycles. The molecule has 0 saturated heterocycles. The lowest BCUT2D eigenvalue weighted by Gasteiger charge is -2.28. The van der Waals surface area contributed by atoms with Gasteiger partial charge in [0, 0.05) is 18.4 Å². The number of alkyl halides is 5. The van der Waals surface area contributed by atoms with Gasteiger partial charge < -0.3 is 10.4 Å². The van der Waals surface area contributed by atoms with Gasteiger partial charge in [-0.05, 0) is 18.8 Å². The summed E-state index contributed by atoms with van der Waals surface area (Å²) in [5.74, 6) is -4.69. The highest BCUT2D eigenvalue weighted by molar-refractivity contribution is 7.16. The van der Waals surface area contributed by atoms with Crippen molar-refractivity contribution in [2.45, 2.75) is 37.4 Å². The second kappa shape index (κ2) is 4.19. The number of aromatic nitrogens is 1. The van der Waals surface area contributed by atoms with Gasteiger partial charge in [-0.15, -0.1) is 0 Å². The van der Waals surface area contributed by atoms with Crippen LogP contribution in [0.1, 0.15) is 24.1 Å². The predicted octanol–water partition coefficient (Wildman–Crippen LogP) is 3.71. The number of halogens is 5. The van der Waals surface area contributed by atoms with E-state index in [1.54, 1.807) is 0 Å². The maximum absolute atomic E-state index is 13.3. The summed E-state index contributed by atoms with van der Waals surface area (Å²) < 4.78 is 64.2. The van der Waals surface area contributed by atoms with Crippen LogP contribution in [0.5, 0.6) is 5.88 Å². The molecular weight excluding hydrogens is 303 g/mol. The van der Waals surface area contributed by atoms with E-state index >= 15 is 0 Å². The van der Waals surface area contributed by atoms with Gasteiger partial charge in [-0.3, -0.25) is 0 Å². The second-order valence-electron chi connectivity index (χ2n) is 5.31. The SMILES string of the molecule is Oc1nc(N[C@H]2C[C@H]3C[C@@H]2CC3(F)F)sc1C(F)(F)F. The Kier molecular flexibility index (Phi) is 2.90. The van der Waals surface area contributed by atoms with E-state index in [0.717, 1.165) is 0 Å². The van der Waals surface area contributed by atoms with Crippen molar-refractivity contribution in [3.8, 4) is 5.88 Å². The molecule has 1 aromatic heterocycles. The average molecular weight is 314 g/mol. The zero-order valence-electron chi connectivity index (χ0n) is 10.0. The molecule has 1 heterocycles. The summed E-state index contributed by atoms with van der Waals surface area (Å²) in [6.07, 6.45) is -4.30. The molecule has 0 aromatic carbocycles. The van der Waals surface area contributed by atoms with E-state index in [0.29, 0.717) is 17.8 Å². The minimum Gasteiger partial charge on any atom is -0.492 e. The molecule has 2 fully saturated rings. The Balaban J connectivity index is 1.72. The first-order valence-corrected chi connectivity index (χ1v) is 6.90. The zero-order chi connectivity index (χ0) is 14.7. The van der Waals surface area contributed by atoms with Gasteiger partial charge in [0.05, 0.1) is 0 Å². The van der Waals surface area contributed by atoms with E-state index in [1.807, 2.05) is 0 Å². The van der Waals surface area contributed by atoms with Gasteiger partial charge in [0.1, 0.15) is 0 Å². The standard InChI is InChI=1S/C11H11F5N2OS/c12-10(13)3-4-1-5(10)2-6(4)17-9-18-8(19)7(20-9)11(14,15)16/h4-6,19H,1-3H2,(H,17,18)/t4-,5-,6+/m1/s1. The number of rotatable bonds is 2. The van der Waals surface area contributed by atoms with Gasteiger partial charge in [-0.1, -0.05) is 11.3 Å². The smallest absolute Gasteiger partial charge is 0.430 e. The lowest BCUT2D eigenvalue weighted by atomic mass is 9.92. The van der Waals surface area contributed by atoms with Gasteiger partial charge in [-0.2, -0.15) is 18.2 Å². The van der Waals surface area contributed by atoms with Crippen LogP contribution in [0.15, 0.2) is 0 Å². The molecule has 2 aliphatic rings. The molecule has 1 aromatic rings. The number of hydrogen-bond donors (Lipinski definition) is 2. The van der Waals surface area contributed by atoms with Gasteiger partial charge >= 0.3 is 6.18 Å². The summed E-state index contributed by atoms with van der Waals surface area (Å²) in [5.41, 5.74) is 0. The van der Waals surface area contributed by atoms with Crippen LogP contribution in [-0.4, -0.2) is 22.1 Å². The normalized spacial score (nSPS) is 31.8. The van der Waals surface area contributed by atoms with Crippen molar-refractivity contribution in [1.82, 2.24) is 4.98 Å². The van der Waals surface area contributed by atoms with Crippen molar-refractivity contribution in [2.75, 3.05) is 5.32 Å². The van der Waals surface area contributed by atoms with Gasteiger partial charge in [0.15, 0.2) is 10.0 Å². The highest BCUT2D eigenvalue weighted by Gasteiger charge is 2.56. The number of nitrogens with zero attached hydrogens (tertiary/aromatic N) is 1. The number of hydrogen-bond acceptors (Lipinski definition) is 4. The fourth-order valence-corrected chi connectivity index (χ4v) is 3.89. The second-order valence-corrected chi connectivity index (χ2v) is 6.31. The first-order valence-electron chi connectivity index (χ1n) is 6.08. The van der Waals surface area contributed by atoms with E-state index in [2.05, 4.69) is 10.3 Å². The molecule has 2 N–H and O–H groups in total. The molecule has 2 bridgehead atoms. The number of thiazole rings is 1. The van der Waals surface area contributed by atoms with Crippen LogP contribution >= 0.6 is 11.3 Å². The molecule has 0 aliphatic heterocycles. The summed E-state index contributed by atoms with van der Waals surface area (Å²) >= 11 is 0.296. The predicted molar refractivity (Wildman–Crippen MR) is 62.0 cm³/mol. The maximum Gasteiger partial charge on any atom is 0.430 e. The average Bonchev–Trinajstić information content (AvgIpc) is 2.90. The van der Waals surface area contributed by atoms with Crippen LogP contribution in [0.4, 0.5) is 27.1 Å². The third-order valence-electron chi connectivity index (χ3n) is 4.00. The number of aromatic hydroxyl groups is 1. The Bertz CT molecular complexity index is 529. The van der Waals surface area contributed by atoms with Gasteiger partial charge in [0.2, 0.25) is 5.88 Å². The van der Waals surface area contributed by atoms with Crippen LogP contribution in [0.2, 0.25) is 0 Å². The van der Waals surface area contributed by atoms with Gasteiger partial charge in [-0.25, -0.2) is 8.78 Å². The van der Waals surface area contributed by atoms with Crippen molar-refractivity contribution in [2.24, 2.45) is 11.8 Å². The van der Waals surface area contributed by atoms with Crippen molar-refractivity contribution in [1.29, 1.82) is 0 Å². The van der Waals surface area contributed by atoms with E-state index < -0.39 is 28.8 Å². The topological polar surface area (TPSA) is 45.2 Å². The van der Waals surface area contributed by atoms with Crippen LogP contribution < -0.4 is 5.32 Å². The minimum atomic E-state index is -4.66. The minimum absolute atomic E-state index is 0.0734. The lowest BCUT2D eigenvalue weighted by Crippen LogP contribution is -2.34. The monoisotopic (exact) mass is 314 g/mol. The van der Waals surface area contributed by atoms with E-state index in [4.69, 9.17) is 0 Å². The van der Waals surface area contributed by atoms with Crippen LogP contribution in [0.25, 0.3) is 0 Å². The molecule has 20 heavy (non-hydrogen) atoms. The van der Waals surface area contributed by atoms with Crippen molar-refractivity contribution in [3.63, 3.8) is 0 Å². The Hall–Kier alpha value is -1.12. The molecule has 2 aliphatic carbocycles. The fraction of sp³-hybridized carbons (Fsp3) is 0.727. The quantitative estimate of drug-likeness (QED) is 0.818. The number of anilines is 1. The summed E-state index contributed by atoms with van der Waals surface area (Å²) in [7, 11) is 0. The van der Waals surface area contributed by atoms with Crippen molar-refractivity contribution in [3.05, 3.63) is 4.88 Å². The molecule has 9 heteroatoms. The molecule has 0 radical (unpaired) electrons. The van der Waals surface area contributed by atoms with Crippen molar-refractivity contribution >= 4 is 16.5 Å². The Morgan fingerprint density at radius 1 is 1.30 bits per heavy atom. The van der Waals surface area contributed by atoms with Gasteiger partial charge in [0.25, 0.3) is 5.92 Å². The number of nitrogens with one attached hydrogen (secondary N) is 1. The maximum atomic E-state index is 13.3. The van der Waals surface area contributed by atoms with Crippen LogP contribution in [-0.2, 0) is 6.18 Å². The Labute approximate surface area is 114 Å². The molecule has 0 amide bonds. The zero-order valence-corrected chi connectivity index (χ0v) is 10.9. The first kappa shape index (κ1) is 13.8. The van der Waals surface area contributed by atoms with E-state index in [1.165, 1.54) is 0 Å². The molecule has 3 rings (SSSR count). The van der Waals surface area contributed by atoms with E-state index in [9.17, 15) is 27.1 Å². The highest BCUT2D eigenvalue weighted by Crippen LogP contribution is 2.54. The summed E-state index contributed by atoms with van der Waals surface area (Å²) in [6.45, 7) is 0.